The van der Waals surface area contributed by atoms with Gasteiger partial charge in [0, 0.05) is 22.7 Å². The fraction of sp³-hybridized carbons (Fsp3) is 0.158. The number of carbonyl (C=O) groups excluding carboxylic acids is 1. The standard InChI is InChI=1S/C19H18N2O3S/c1-23-16-5-7-17(8-6-16)24-11-9-20-18(22)14-3-2-4-15(13-14)19-21-10-12-25-19/h2-8,10,12-13H,9,11H2,1H3,(H,20,22). The van der Waals surface area contributed by atoms with Crippen molar-refractivity contribution < 1.29 is 14.3 Å². The number of aromatic nitrogens is 1. The third-order valence-corrected chi connectivity index (χ3v) is 4.34. The predicted molar refractivity (Wildman–Crippen MR) is 98.4 cm³/mol. The number of hydrogen-bond donors (Lipinski definition) is 1. The average molecular weight is 354 g/mol. The molecule has 0 saturated heterocycles. The van der Waals surface area contributed by atoms with Gasteiger partial charge >= 0.3 is 0 Å². The van der Waals surface area contributed by atoms with Gasteiger partial charge < -0.3 is 14.8 Å². The average Bonchev–Trinajstić information content (AvgIpc) is 3.20. The van der Waals surface area contributed by atoms with E-state index >= 15 is 0 Å². The quantitative estimate of drug-likeness (QED) is 0.658. The van der Waals surface area contributed by atoms with Crippen LogP contribution in [0.2, 0.25) is 0 Å². The number of rotatable bonds is 7. The zero-order valence-corrected chi connectivity index (χ0v) is 14.6. The van der Waals surface area contributed by atoms with Crippen molar-refractivity contribution in [1.29, 1.82) is 0 Å². The summed E-state index contributed by atoms with van der Waals surface area (Å²) in [6, 6.07) is 14.8. The van der Waals surface area contributed by atoms with Gasteiger partial charge in [-0.05, 0) is 36.4 Å². The van der Waals surface area contributed by atoms with Crippen LogP contribution in [0.5, 0.6) is 11.5 Å². The maximum absolute atomic E-state index is 12.3. The molecule has 0 aliphatic carbocycles. The molecule has 25 heavy (non-hydrogen) atoms. The molecule has 2 aromatic carbocycles. The van der Waals surface area contributed by atoms with E-state index in [0.717, 1.165) is 22.1 Å². The summed E-state index contributed by atoms with van der Waals surface area (Å²) in [4.78, 5) is 16.5. The van der Waals surface area contributed by atoms with Crippen LogP contribution in [0.1, 0.15) is 10.4 Å². The number of hydrogen-bond acceptors (Lipinski definition) is 5. The number of carbonyl (C=O) groups is 1. The molecular formula is C19H18N2O3S. The van der Waals surface area contributed by atoms with Crippen LogP contribution in [-0.4, -0.2) is 31.2 Å². The van der Waals surface area contributed by atoms with Crippen LogP contribution >= 0.6 is 11.3 Å². The van der Waals surface area contributed by atoms with Crippen LogP contribution < -0.4 is 14.8 Å². The van der Waals surface area contributed by atoms with E-state index in [1.54, 1.807) is 30.7 Å². The Bertz CT molecular complexity index is 817. The number of amides is 1. The third-order valence-electron chi connectivity index (χ3n) is 3.52. The second kappa shape index (κ2) is 8.30. The Kier molecular flexibility index (Phi) is 5.64. The molecule has 0 atom stereocenters. The molecule has 0 spiro atoms. The first-order valence-corrected chi connectivity index (χ1v) is 8.69. The summed E-state index contributed by atoms with van der Waals surface area (Å²) in [5.74, 6) is 1.39. The van der Waals surface area contributed by atoms with Crippen molar-refractivity contribution in [2.45, 2.75) is 0 Å². The topological polar surface area (TPSA) is 60.5 Å². The van der Waals surface area contributed by atoms with E-state index in [4.69, 9.17) is 9.47 Å². The molecular weight excluding hydrogens is 336 g/mol. The lowest BCUT2D eigenvalue weighted by Gasteiger charge is -2.09. The van der Waals surface area contributed by atoms with E-state index in [9.17, 15) is 4.79 Å². The zero-order valence-electron chi connectivity index (χ0n) is 13.8. The highest BCUT2D eigenvalue weighted by Gasteiger charge is 2.08. The van der Waals surface area contributed by atoms with Crippen molar-refractivity contribution in [1.82, 2.24) is 10.3 Å². The molecule has 0 aliphatic heterocycles. The smallest absolute Gasteiger partial charge is 0.251 e. The monoisotopic (exact) mass is 354 g/mol. The van der Waals surface area contributed by atoms with Crippen molar-refractivity contribution in [3.8, 4) is 22.1 Å². The van der Waals surface area contributed by atoms with Crippen LogP contribution in [0.25, 0.3) is 10.6 Å². The first kappa shape index (κ1) is 17.0. The summed E-state index contributed by atoms with van der Waals surface area (Å²) in [5, 5.41) is 5.67. The lowest BCUT2D eigenvalue weighted by atomic mass is 10.1. The van der Waals surface area contributed by atoms with Gasteiger partial charge in [-0.1, -0.05) is 12.1 Å². The Labute approximate surface area is 150 Å². The second-order valence-electron chi connectivity index (χ2n) is 5.20. The number of methoxy groups -OCH3 is 1. The summed E-state index contributed by atoms with van der Waals surface area (Å²) < 4.78 is 10.7. The fourth-order valence-electron chi connectivity index (χ4n) is 2.27. The van der Waals surface area contributed by atoms with Gasteiger partial charge in [0.1, 0.15) is 23.1 Å². The third kappa shape index (κ3) is 4.58. The van der Waals surface area contributed by atoms with Gasteiger partial charge in [0.05, 0.1) is 13.7 Å². The van der Waals surface area contributed by atoms with E-state index in [-0.39, 0.29) is 5.91 Å². The highest BCUT2D eigenvalue weighted by Crippen LogP contribution is 2.22. The van der Waals surface area contributed by atoms with Crippen molar-refractivity contribution in [3.63, 3.8) is 0 Å². The fourth-order valence-corrected chi connectivity index (χ4v) is 2.90. The van der Waals surface area contributed by atoms with Gasteiger partial charge in [-0.2, -0.15) is 0 Å². The molecule has 0 radical (unpaired) electrons. The minimum absolute atomic E-state index is 0.128. The number of benzene rings is 2. The van der Waals surface area contributed by atoms with Crippen LogP contribution in [0.3, 0.4) is 0 Å². The molecule has 3 aromatic rings. The maximum atomic E-state index is 12.3. The van der Waals surface area contributed by atoms with Crippen LogP contribution in [0, 0.1) is 0 Å². The first-order valence-electron chi connectivity index (χ1n) is 7.81. The number of nitrogens with one attached hydrogen (secondary N) is 1. The Morgan fingerprint density at radius 3 is 2.68 bits per heavy atom. The number of thiazole rings is 1. The molecule has 3 rings (SSSR count). The zero-order chi connectivity index (χ0) is 17.5. The molecule has 0 aliphatic rings. The summed E-state index contributed by atoms with van der Waals surface area (Å²) in [6.07, 6.45) is 1.75. The van der Waals surface area contributed by atoms with Crippen LogP contribution in [0.4, 0.5) is 0 Å². The van der Waals surface area contributed by atoms with Gasteiger partial charge in [-0.25, -0.2) is 4.98 Å². The summed E-state index contributed by atoms with van der Waals surface area (Å²) in [6.45, 7) is 0.816. The van der Waals surface area contributed by atoms with Crippen LogP contribution in [-0.2, 0) is 0 Å². The highest BCUT2D eigenvalue weighted by molar-refractivity contribution is 7.13. The molecule has 0 saturated carbocycles. The van der Waals surface area contributed by atoms with Crippen molar-refractivity contribution in [2.24, 2.45) is 0 Å². The summed E-state index contributed by atoms with van der Waals surface area (Å²) in [5.41, 5.74) is 1.55. The molecule has 0 unspecified atom stereocenters. The molecule has 128 valence electrons. The van der Waals surface area contributed by atoms with Gasteiger partial charge in [0.2, 0.25) is 0 Å². The van der Waals surface area contributed by atoms with Gasteiger partial charge in [0.25, 0.3) is 5.91 Å². The van der Waals surface area contributed by atoms with E-state index in [0.29, 0.717) is 18.7 Å². The minimum Gasteiger partial charge on any atom is -0.497 e. The minimum atomic E-state index is -0.128. The summed E-state index contributed by atoms with van der Waals surface area (Å²) in [7, 11) is 1.62. The maximum Gasteiger partial charge on any atom is 0.251 e. The Morgan fingerprint density at radius 2 is 1.96 bits per heavy atom. The Morgan fingerprint density at radius 1 is 1.16 bits per heavy atom. The molecule has 0 fully saturated rings. The molecule has 5 nitrogen and oxygen atoms in total. The highest BCUT2D eigenvalue weighted by atomic mass is 32.1. The lowest BCUT2D eigenvalue weighted by molar-refractivity contribution is 0.0947. The molecule has 1 amide bonds. The Balaban J connectivity index is 1.50. The van der Waals surface area contributed by atoms with Gasteiger partial charge in [0.15, 0.2) is 0 Å². The van der Waals surface area contributed by atoms with E-state index < -0.39 is 0 Å². The van der Waals surface area contributed by atoms with Crippen molar-refractivity contribution in [2.75, 3.05) is 20.3 Å². The van der Waals surface area contributed by atoms with Crippen molar-refractivity contribution in [3.05, 3.63) is 65.7 Å². The lowest BCUT2D eigenvalue weighted by Crippen LogP contribution is -2.28. The number of ether oxygens (including phenoxy) is 2. The van der Waals surface area contributed by atoms with Gasteiger partial charge in [-0.3, -0.25) is 4.79 Å². The Hall–Kier alpha value is -2.86. The second-order valence-corrected chi connectivity index (χ2v) is 6.09. The number of nitrogens with zero attached hydrogens (tertiary/aromatic N) is 1. The van der Waals surface area contributed by atoms with Crippen LogP contribution in [0.15, 0.2) is 60.1 Å². The SMILES string of the molecule is COc1ccc(OCCNC(=O)c2cccc(-c3nccs3)c2)cc1. The molecule has 1 aromatic heterocycles. The normalized spacial score (nSPS) is 10.3. The molecule has 1 N–H and O–H groups in total. The first-order chi connectivity index (χ1) is 12.3. The molecule has 6 heteroatoms. The van der Waals surface area contributed by atoms with E-state index in [1.807, 2.05) is 47.8 Å². The summed E-state index contributed by atoms with van der Waals surface area (Å²) >= 11 is 1.55. The van der Waals surface area contributed by atoms with E-state index in [2.05, 4.69) is 10.3 Å². The van der Waals surface area contributed by atoms with Gasteiger partial charge in [-0.15, -0.1) is 11.3 Å². The van der Waals surface area contributed by atoms with E-state index in [1.165, 1.54) is 0 Å². The largest absolute Gasteiger partial charge is 0.497 e. The molecule has 0 bridgehead atoms. The predicted octanol–water partition coefficient (Wildman–Crippen LogP) is 3.63. The molecule has 1 heterocycles. The van der Waals surface area contributed by atoms with Crippen molar-refractivity contribution >= 4 is 17.2 Å².